The summed E-state index contributed by atoms with van der Waals surface area (Å²) in [7, 11) is 0. The van der Waals surface area contributed by atoms with E-state index in [-0.39, 0.29) is 5.56 Å². The van der Waals surface area contributed by atoms with Gasteiger partial charge in [0, 0.05) is 5.39 Å². The van der Waals surface area contributed by atoms with Gasteiger partial charge in [-0.25, -0.2) is 4.79 Å². The number of aryl methyl sites for hydroxylation is 2. The van der Waals surface area contributed by atoms with E-state index in [2.05, 4.69) is 26.0 Å². The standard InChI is InChI=1S/C22H22O4/c1-4-25-21-12-17(22(23)24)10-16-11-18(8-9-19(16)21)26-13-20-14(2)6-5-7-15(20)3/h5-12H,4,13H2,1-3H3,(H,23,24). The van der Waals surface area contributed by atoms with Crippen LogP contribution in [0.1, 0.15) is 34.0 Å². The Balaban J connectivity index is 1.94. The van der Waals surface area contributed by atoms with Gasteiger partial charge in [0.1, 0.15) is 18.1 Å². The Morgan fingerprint density at radius 1 is 1.00 bits per heavy atom. The molecule has 0 amide bonds. The summed E-state index contributed by atoms with van der Waals surface area (Å²) in [5, 5.41) is 11.0. The van der Waals surface area contributed by atoms with Crippen LogP contribution in [0.5, 0.6) is 11.5 Å². The van der Waals surface area contributed by atoms with Crippen molar-refractivity contribution in [2.75, 3.05) is 6.61 Å². The summed E-state index contributed by atoms with van der Waals surface area (Å²) < 4.78 is 11.6. The molecule has 0 atom stereocenters. The number of fused-ring (bicyclic) bond motifs is 1. The number of carboxylic acids is 1. The van der Waals surface area contributed by atoms with Gasteiger partial charge in [-0.05, 0) is 73.2 Å². The highest BCUT2D eigenvalue weighted by Gasteiger charge is 2.11. The normalized spacial score (nSPS) is 10.7. The quantitative estimate of drug-likeness (QED) is 0.669. The minimum Gasteiger partial charge on any atom is -0.493 e. The number of carboxylic acid groups (broad SMARTS) is 1. The Morgan fingerprint density at radius 2 is 1.73 bits per heavy atom. The third kappa shape index (κ3) is 3.64. The summed E-state index contributed by atoms with van der Waals surface area (Å²) in [6, 6.07) is 15.0. The fraction of sp³-hybridized carbons (Fsp3) is 0.227. The van der Waals surface area contributed by atoms with Gasteiger partial charge in [-0.2, -0.15) is 0 Å². The molecule has 1 N–H and O–H groups in total. The molecule has 0 heterocycles. The molecule has 0 spiro atoms. The van der Waals surface area contributed by atoms with E-state index in [1.54, 1.807) is 12.1 Å². The molecule has 0 unspecified atom stereocenters. The lowest BCUT2D eigenvalue weighted by atomic mass is 10.0. The number of hydrogen-bond acceptors (Lipinski definition) is 3. The van der Waals surface area contributed by atoms with Crippen LogP contribution in [-0.2, 0) is 6.61 Å². The topological polar surface area (TPSA) is 55.8 Å². The van der Waals surface area contributed by atoms with Crippen molar-refractivity contribution in [3.8, 4) is 11.5 Å². The second-order valence-corrected chi connectivity index (χ2v) is 6.25. The molecule has 0 radical (unpaired) electrons. The zero-order chi connectivity index (χ0) is 18.7. The first kappa shape index (κ1) is 17.8. The monoisotopic (exact) mass is 350 g/mol. The molecule has 4 heteroatoms. The summed E-state index contributed by atoms with van der Waals surface area (Å²) in [5.74, 6) is 0.295. The summed E-state index contributed by atoms with van der Waals surface area (Å²) in [4.78, 5) is 11.4. The van der Waals surface area contributed by atoms with Gasteiger partial charge in [-0.1, -0.05) is 18.2 Å². The van der Waals surface area contributed by atoms with E-state index in [9.17, 15) is 9.90 Å². The zero-order valence-corrected chi connectivity index (χ0v) is 15.2. The number of benzene rings is 3. The van der Waals surface area contributed by atoms with Crippen LogP contribution in [0.25, 0.3) is 10.8 Å². The molecule has 4 nitrogen and oxygen atoms in total. The first-order valence-electron chi connectivity index (χ1n) is 8.61. The highest BCUT2D eigenvalue weighted by molar-refractivity contribution is 5.98. The minimum absolute atomic E-state index is 0.202. The molecule has 0 aliphatic carbocycles. The van der Waals surface area contributed by atoms with Gasteiger partial charge in [0.2, 0.25) is 0 Å². The average molecular weight is 350 g/mol. The van der Waals surface area contributed by atoms with Crippen LogP contribution in [0.3, 0.4) is 0 Å². The number of rotatable bonds is 6. The summed E-state index contributed by atoms with van der Waals surface area (Å²) >= 11 is 0. The Bertz CT molecular complexity index is 940. The van der Waals surface area contributed by atoms with E-state index in [1.165, 1.54) is 16.7 Å². The van der Waals surface area contributed by atoms with E-state index in [4.69, 9.17) is 9.47 Å². The second kappa shape index (κ2) is 7.48. The van der Waals surface area contributed by atoms with E-state index < -0.39 is 5.97 Å². The van der Waals surface area contributed by atoms with Gasteiger partial charge < -0.3 is 14.6 Å². The van der Waals surface area contributed by atoms with Crippen LogP contribution in [-0.4, -0.2) is 17.7 Å². The zero-order valence-electron chi connectivity index (χ0n) is 15.2. The number of carbonyl (C=O) groups is 1. The Morgan fingerprint density at radius 3 is 2.38 bits per heavy atom. The van der Waals surface area contributed by atoms with Crippen molar-refractivity contribution in [1.29, 1.82) is 0 Å². The van der Waals surface area contributed by atoms with Crippen molar-refractivity contribution in [2.45, 2.75) is 27.4 Å². The second-order valence-electron chi connectivity index (χ2n) is 6.25. The fourth-order valence-corrected chi connectivity index (χ4v) is 3.03. The molecule has 0 fully saturated rings. The van der Waals surface area contributed by atoms with E-state index in [0.717, 1.165) is 10.8 Å². The SMILES string of the molecule is CCOc1cc(C(=O)O)cc2cc(OCc3c(C)cccc3C)ccc12. The van der Waals surface area contributed by atoms with Crippen molar-refractivity contribution in [1.82, 2.24) is 0 Å². The predicted molar refractivity (Wildman–Crippen MR) is 102 cm³/mol. The van der Waals surface area contributed by atoms with Crippen LogP contribution in [0, 0.1) is 13.8 Å². The molecule has 0 aromatic heterocycles. The Kier molecular flexibility index (Phi) is 5.12. The van der Waals surface area contributed by atoms with Crippen LogP contribution < -0.4 is 9.47 Å². The maximum Gasteiger partial charge on any atom is 0.335 e. The average Bonchev–Trinajstić information content (AvgIpc) is 2.61. The highest BCUT2D eigenvalue weighted by Crippen LogP contribution is 2.31. The number of aromatic carboxylic acids is 1. The molecule has 0 aliphatic rings. The maximum absolute atomic E-state index is 11.4. The van der Waals surface area contributed by atoms with Gasteiger partial charge in [0.05, 0.1) is 12.2 Å². The molecule has 0 saturated heterocycles. The largest absolute Gasteiger partial charge is 0.493 e. The molecule has 134 valence electrons. The minimum atomic E-state index is -0.977. The first-order valence-corrected chi connectivity index (χ1v) is 8.61. The highest BCUT2D eigenvalue weighted by atomic mass is 16.5. The van der Waals surface area contributed by atoms with Gasteiger partial charge >= 0.3 is 5.97 Å². The lowest BCUT2D eigenvalue weighted by molar-refractivity contribution is 0.0696. The smallest absolute Gasteiger partial charge is 0.335 e. The van der Waals surface area contributed by atoms with Gasteiger partial charge in [0.25, 0.3) is 0 Å². The number of ether oxygens (including phenoxy) is 2. The van der Waals surface area contributed by atoms with E-state index >= 15 is 0 Å². The summed E-state index contributed by atoms with van der Waals surface area (Å²) in [6.07, 6.45) is 0. The first-order chi connectivity index (χ1) is 12.5. The molecule has 0 saturated carbocycles. The molecule has 0 aliphatic heterocycles. The van der Waals surface area contributed by atoms with E-state index in [0.29, 0.717) is 24.7 Å². The van der Waals surface area contributed by atoms with Gasteiger partial charge in [-0.3, -0.25) is 0 Å². The molecule has 3 aromatic rings. The van der Waals surface area contributed by atoms with Crippen molar-refractivity contribution in [2.24, 2.45) is 0 Å². The molecule has 3 rings (SSSR count). The molecule has 26 heavy (non-hydrogen) atoms. The number of hydrogen-bond donors (Lipinski definition) is 1. The summed E-state index contributed by atoms with van der Waals surface area (Å²) in [5.41, 5.74) is 3.75. The van der Waals surface area contributed by atoms with Gasteiger partial charge in [0.15, 0.2) is 0 Å². The third-order valence-corrected chi connectivity index (χ3v) is 4.46. The Labute approximate surface area is 153 Å². The predicted octanol–water partition coefficient (Wildman–Crippen LogP) is 5.13. The summed E-state index contributed by atoms with van der Waals surface area (Å²) in [6.45, 7) is 6.96. The molecular weight excluding hydrogens is 328 g/mol. The van der Waals surface area contributed by atoms with Crippen LogP contribution in [0.4, 0.5) is 0 Å². The van der Waals surface area contributed by atoms with Crippen molar-refractivity contribution in [3.05, 3.63) is 70.8 Å². The van der Waals surface area contributed by atoms with Crippen LogP contribution in [0.2, 0.25) is 0 Å². The third-order valence-electron chi connectivity index (χ3n) is 4.46. The fourth-order valence-electron chi connectivity index (χ4n) is 3.03. The van der Waals surface area contributed by atoms with E-state index in [1.807, 2.05) is 31.2 Å². The molecule has 3 aromatic carbocycles. The van der Waals surface area contributed by atoms with Crippen molar-refractivity contribution < 1.29 is 19.4 Å². The lowest BCUT2D eigenvalue weighted by Gasteiger charge is -2.13. The Hall–Kier alpha value is -3.01. The van der Waals surface area contributed by atoms with Crippen molar-refractivity contribution >= 4 is 16.7 Å². The van der Waals surface area contributed by atoms with Gasteiger partial charge in [-0.15, -0.1) is 0 Å². The maximum atomic E-state index is 11.4. The molecule has 0 bridgehead atoms. The van der Waals surface area contributed by atoms with Crippen LogP contribution in [0.15, 0.2) is 48.5 Å². The van der Waals surface area contributed by atoms with Crippen LogP contribution >= 0.6 is 0 Å². The molecular formula is C22H22O4. The van der Waals surface area contributed by atoms with Crippen molar-refractivity contribution in [3.63, 3.8) is 0 Å². The lowest BCUT2D eigenvalue weighted by Crippen LogP contribution is -2.01.